The normalized spacial score (nSPS) is 32.2. The Hall–Kier alpha value is -0.630. The molecule has 2 aliphatic rings. The molecule has 1 unspecified atom stereocenters. The SMILES string of the molecule is CC1(C)CCC(O)C2=C1C(=O)CC2. The Morgan fingerprint density at radius 3 is 2.69 bits per heavy atom. The third-order valence-corrected chi connectivity index (χ3v) is 3.34. The summed E-state index contributed by atoms with van der Waals surface area (Å²) in [7, 11) is 0. The molecule has 0 radical (unpaired) electrons. The second-order valence-corrected chi connectivity index (χ2v) is 4.76. The average molecular weight is 180 g/mol. The van der Waals surface area contributed by atoms with Gasteiger partial charge in [0.2, 0.25) is 0 Å². The lowest BCUT2D eigenvalue weighted by Gasteiger charge is -2.33. The van der Waals surface area contributed by atoms with E-state index in [9.17, 15) is 9.90 Å². The molecule has 0 spiro atoms. The fourth-order valence-electron chi connectivity index (χ4n) is 2.62. The highest BCUT2D eigenvalue weighted by Crippen LogP contribution is 2.45. The molecule has 0 fully saturated rings. The Labute approximate surface area is 78.6 Å². The molecule has 0 saturated carbocycles. The first-order valence-electron chi connectivity index (χ1n) is 4.97. The van der Waals surface area contributed by atoms with Crippen LogP contribution in [0.25, 0.3) is 0 Å². The lowest BCUT2D eigenvalue weighted by molar-refractivity contribution is -0.115. The van der Waals surface area contributed by atoms with E-state index in [2.05, 4.69) is 13.8 Å². The molecule has 2 aliphatic carbocycles. The molecule has 13 heavy (non-hydrogen) atoms. The van der Waals surface area contributed by atoms with Crippen LogP contribution >= 0.6 is 0 Å². The number of Topliss-reactive ketones (excluding diaryl/α,β-unsaturated/α-hetero) is 1. The maximum absolute atomic E-state index is 11.6. The van der Waals surface area contributed by atoms with Gasteiger partial charge < -0.3 is 5.11 Å². The first kappa shape index (κ1) is 8.95. The maximum Gasteiger partial charge on any atom is 0.159 e. The van der Waals surface area contributed by atoms with Gasteiger partial charge in [-0.15, -0.1) is 0 Å². The quantitative estimate of drug-likeness (QED) is 0.617. The van der Waals surface area contributed by atoms with Gasteiger partial charge in [0, 0.05) is 12.0 Å². The Balaban J connectivity index is 2.47. The molecule has 2 heteroatoms. The van der Waals surface area contributed by atoms with Gasteiger partial charge in [0.1, 0.15) is 0 Å². The van der Waals surface area contributed by atoms with Crippen molar-refractivity contribution in [3.8, 4) is 0 Å². The maximum atomic E-state index is 11.6. The zero-order valence-corrected chi connectivity index (χ0v) is 8.26. The molecule has 0 heterocycles. The number of ketones is 1. The minimum Gasteiger partial charge on any atom is -0.389 e. The fraction of sp³-hybridized carbons (Fsp3) is 0.727. The van der Waals surface area contributed by atoms with Crippen molar-refractivity contribution >= 4 is 5.78 Å². The van der Waals surface area contributed by atoms with Crippen LogP contribution in [0, 0.1) is 5.41 Å². The number of carbonyl (C=O) groups is 1. The summed E-state index contributed by atoms with van der Waals surface area (Å²) >= 11 is 0. The summed E-state index contributed by atoms with van der Waals surface area (Å²) in [4.78, 5) is 11.6. The Morgan fingerprint density at radius 2 is 2.08 bits per heavy atom. The summed E-state index contributed by atoms with van der Waals surface area (Å²) in [6, 6.07) is 0. The predicted molar refractivity (Wildman–Crippen MR) is 50.3 cm³/mol. The van der Waals surface area contributed by atoms with E-state index >= 15 is 0 Å². The molecule has 1 N–H and O–H groups in total. The second kappa shape index (κ2) is 2.68. The van der Waals surface area contributed by atoms with Crippen molar-refractivity contribution in [3.63, 3.8) is 0 Å². The van der Waals surface area contributed by atoms with Crippen molar-refractivity contribution < 1.29 is 9.90 Å². The van der Waals surface area contributed by atoms with Crippen LogP contribution in [0.3, 0.4) is 0 Å². The standard InChI is InChI=1S/C11H16O2/c1-11(2)6-5-8(12)7-3-4-9(13)10(7)11/h8,12H,3-6H2,1-2H3. The molecular formula is C11H16O2. The summed E-state index contributed by atoms with van der Waals surface area (Å²) in [6.45, 7) is 4.22. The summed E-state index contributed by atoms with van der Waals surface area (Å²) in [6.07, 6.45) is 2.82. The zero-order chi connectivity index (χ0) is 9.64. The topological polar surface area (TPSA) is 37.3 Å². The van der Waals surface area contributed by atoms with Crippen LogP contribution in [0.2, 0.25) is 0 Å². The first-order valence-corrected chi connectivity index (χ1v) is 4.97. The van der Waals surface area contributed by atoms with Crippen molar-refractivity contribution in [1.29, 1.82) is 0 Å². The third kappa shape index (κ3) is 1.24. The van der Waals surface area contributed by atoms with Gasteiger partial charge in [-0.1, -0.05) is 13.8 Å². The number of allylic oxidation sites excluding steroid dienone is 1. The molecular weight excluding hydrogens is 164 g/mol. The van der Waals surface area contributed by atoms with E-state index in [1.165, 1.54) is 0 Å². The highest BCUT2D eigenvalue weighted by atomic mass is 16.3. The van der Waals surface area contributed by atoms with Crippen LogP contribution in [-0.4, -0.2) is 17.0 Å². The molecule has 2 nitrogen and oxygen atoms in total. The Bertz CT molecular complexity index is 286. The smallest absolute Gasteiger partial charge is 0.159 e. The van der Waals surface area contributed by atoms with Crippen LogP contribution in [0.15, 0.2) is 11.1 Å². The number of aliphatic hydroxyl groups is 1. The van der Waals surface area contributed by atoms with Crippen molar-refractivity contribution in [3.05, 3.63) is 11.1 Å². The van der Waals surface area contributed by atoms with Gasteiger partial charge in [-0.3, -0.25) is 4.79 Å². The van der Waals surface area contributed by atoms with Gasteiger partial charge in [-0.25, -0.2) is 0 Å². The van der Waals surface area contributed by atoms with Gasteiger partial charge in [-0.2, -0.15) is 0 Å². The van der Waals surface area contributed by atoms with Gasteiger partial charge in [0.05, 0.1) is 6.10 Å². The lowest BCUT2D eigenvalue weighted by Crippen LogP contribution is -2.29. The fourth-order valence-corrected chi connectivity index (χ4v) is 2.62. The molecule has 2 rings (SSSR count). The molecule has 0 aliphatic heterocycles. The molecule has 72 valence electrons. The number of hydrogen-bond acceptors (Lipinski definition) is 2. The largest absolute Gasteiger partial charge is 0.389 e. The van der Waals surface area contributed by atoms with Crippen LogP contribution in [0.1, 0.15) is 39.5 Å². The third-order valence-electron chi connectivity index (χ3n) is 3.34. The zero-order valence-electron chi connectivity index (χ0n) is 8.26. The van der Waals surface area contributed by atoms with E-state index in [1.54, 1.807) is 0 Å². The molecule has 1 atom stereocenters. The Kier molecular flexibility index (Phi) is 1.84. The number of carbonyl (C=O) groups excluding carboxylic acids is 1. The molecule has 0 amide bonds. The monoisotopic (exact) mass is 180 g/mol. The average Bonchev–Trinajstić information content (AvgIpc) is 2.42. The van der Waals surface area contributed by atoms with E-state index in [1.807, 2.05) is 0 Å². The van der Waals surface area contributed by atoms with Crippen LogP contribution in [0.5, 0.6) is 0 Å². The Morgan fingerprint density at radius 1 is 1.38 bits per heavy atom. The van der Waals surface area contributed by atoms with E-state index in [0.29, 0.717) is 6.42 Å². The van der Waals surface area contributed by atoms with E-state index in [4.69, 9.17) is 0 Å². The van der Waals surface area contributed by atoms with Gasteiger partial charge in [0.25, 0.3) is 0 Å². The van der Waals surface area contributed by atoms with E-state index in [-0.39, 0.29) is 17.3 Å². The number of hydrogen-bond donors (Lipinski definition) is 1. The van der Waals surface area contributed by atoms with Crippen molar-refractivity contribution in [2.24, 2.45) is 5.41 Å². The molecule has 0 aromatic heterocycles. The van der Waals surface area contributed by atoms with Crippen molar-refractivity contribution in [1.82, 2.24) is 0 Å². The van der Waals surface area contributed by atoms with Gasteiger partial charge in [-0.05, 0) is 30.3 Å². The summed E-state index contributed by atoms with van der Waals surface area (Å²) in [5, 5.41) is 9.72. The predicted octanol–water partition coefficient (Wildman–Crippen LogP) is 1.83. The van der Waals surface area contributed by atoms with Gasteiger partial charge in [0.15, 0.2) is 5.78 Å². The molecule has 0 bridgehead atoms. The van der Waals surface area contributed by atoms with E-state index < -0.39 is 0 Å². The number of rotatable bonds is 0. The molecule has 0 saturated heterocycles. The van der Waals surface area contributed by atoms with E-state index in [0.717, 1.165) is 30.4 Å². The highest BCUT2D eigenvalue weighted by Gasteiger charge is 2.40. The van der Waals surface area contributed by atoms with Crippen LogP contribution in [-0.2, 0) is 4.79 Å². The molecule has 0 aromatic rings. The second-order valence-electron chi connectivity index (χ2n) is 4.76. The van der Waals surface area contributed by atoms with Gasteiger partial charge >= 0.3 is 0 Å². The minimum atomic E-state index is -0.338. The van der Waals surface area contributed by atoms with Crippen LogP contribution in [0.4, 0.5) is 0 Å². The summed E-state index contributed by atoms with van der Waals surface area (Å²) in [5.74, 6) is 0.263. The summed E-state index contributed by atoms with van der Waals surface area (Å²) in [5.41, 5.74) is 1.97. The molecule has 0 aromatic carbocycles. The van der Waals surface area contributed by atoms with Crippen molar-refractivity contribution in [2.45, 2.75) is 45.6 Å². The van der Waals surface area contributed by atoms with Crippen LogP contribution < -0.4 is 0 Å². The number of aliphatic hydroxyl groups excluding tert-OH is 1. The first-order chi connectivity index (χ1) is 6.02. The van der Waals surface area contributed by atoms with Crippen molar-refractivity contribution in [2.75, 3.05) is 0 Å². The highest BCUT2D eigenvalue weighted by molar-refractivity contribution is 6.00. The minimum absolute atomic E-state index is 0.00213. The lowest BCUT2D eigenvalue weighted by atomic mass is 9.72. The summed E-state index contributed by atoms with van der Waals surface area (Å²) < 4.78 is 0.